The van der Waals surface area contributed by atoms with E-state index in [0.29, 0.717) is 79.5 Å². The molecule has 0 spiro atoms. The second-order valence-electron chi connectivity index (χ2n) is 20.1. The van der Waals surface area contributed by atoms with Crippen LogP contribution in [0.3, 0.4) is 0 Å². The van der Waals surface area contributed by atoms with Crippen molar-refractivity contribution in [3.05, 3.63) is 0 Å². The van der Waals surface area contributed by atoms with E-state index in [1.165, 1.54) is 44.9 Å². The number of hydroxylamine groups is 1. The Kier molecular flexibility index (Phi) is 16.2. The van der Waals surface area contributed by atoms with E-state index < -0.39 is 17.8 Å². The maximum atomic E-state index is 13.1. The van der Waals surface area contributed by atoms with E-state index in [9.17, 15) is 14.7 Å². The van der Waals surface area contributed by atoms with Gasteiger partial charge in [-0.15, -0.1) is 0 Å². The average molecular weight is 775 g/mol. The summed E-state index contributed by atoms with van der Waals surface area (Å²) in [6.07, 6.45) is 25.0. The molecular weight excluding hydrogens is 697 g/mol. The average Bonchev–Trinajstić information content (AvgIpc) is 3.17. The molecule has 4 N–H and O–H groups in total. The Morgan fingerprint density at radius 3 is 1.60 bits per heavy atom. The maximum Gasteiger partial charge on any atom is 0.307 e. The molecule has 0 heterocycles. The fourth-order valence-electron chi connectivity index (χ4n) is 12.1. The number of ether oxygens (including phenoxy) is 2. The standard InChI is InChI=1S/C45H78N2O8/c1-29-5-7-31(28-53-51)32(25-29)27-52-47-36-14-22-40(23-15-36)55-38-18-10-34(11-19-38)45(3,4)33-8-16-37(17-9-33)54-39-20-12-35(13-21-39)46-43(48)42-26-30(2)6-24-41(42)44(49)50/h29-42,47,51H,5-28H2,1-4H3,(H,46,48)(H,49,50). The van der Waals surface area contributed by atoms with Crippen molar-refractivity contribution in [2.75, 3.05) is 13.2 Å². The van der Waals surface area contributed by atoms with Crippen LogP contribution >= 0.6 is 0 Å². The molecule has 0 saturated heterocycles. The topological polar surface area (TPSA) is 136 Å². The normalized spacial score (nSPS) is 40.7. The highest BCUT2D eigenvalue weighted by molar-refractivity contribution is 5.85. The van der Waals surface area contributed by atoms with Gasteiger partial charge in [-0.2, -0.15) is 5.48 Å². The second kappa shape index (κ2) is 20.6. The Morgan fingerprint density at radius 2 is 1.07 bits per heavy atom. The smallest absolute Gasteiger partial charge is 0.307 e. The SMILES string of the molecule is CC1CCC(COO)C(CONC2CCC(OC3CCC(C(C)(C)C4CCC(OC5CCC(NC(=O)C6CC(C)CCC6C(=O)O)CC5)CC4)CC3)CC2)C1. The van der Waals surface area contributed by atoms with Crippen molar-refractivity contribution < 1.29 is 39.2 Å². The number of rotatable bonds is 15. The van der Waals surface area contributed by atoms with Crippen molar-refractivity contribution in [2.24, 2.45) is 52.8 Å². The number of aliphatic carboxylic acids is 1. The summed E-state index contributed by atoms with van der Waals surface area (Å²) in [5.74, 6) is 1.62. The molecule has 6 aliphatic rings. The quantitative estimate of drug-likeness (QED) is 0.0949. The summed E-state index contributed by atoms with van der Waals surface area (Å²) in [6, 6.07) is 0.532. The van der Waals surface area contributed by atoms with Gasteiger partial charge in [0, 0.05) is 12.1 Å². The molecule has 0 aromatic heterocycles. The summed E-state index contributed by atoms with van der Waals surface area (Å²) in [5, 5.41) is 21.9. The van der Waals surface area contributed by atoms with Gasteiger partial charge in [0.1, 0.15) is 0 Å². The molecule has 6 atom stereocenters. The molecule has 0 aromatic carbocycles. The summed E-state index contributed by atoms with van der Waals surface area (Å²) in [5.41, 5.74) is 3.71. The molecule has 10 heteroatoms. The highest BCUT2D eigenvalue weighted by atomic mass is 17.1. The van der Waals surface area contributed by atoms with Crippen molar-refractivity contribution in [1.82, 2.24) is 10.8 Å². The Morgan fingerprint density at radius 1 is 0.582 bits per heavy atom. The van der Waals surface area contributed by atoms with Crippen molar-refractivity contribution in [3.63, 3.8) is 0 Å². The lowest BCUT2D eigenvalue weighted by Gasteiger charge is -2.47. The molecule has 0 aliphatic heterocycles. The number of amides is 1. The van der Waals surface area contributed by atoms with Crippen LogP contribution in [0.25, 0.3) is 0 Å². The summed E-state index contributed by atoms with van der Waals surface area (Å²) < 4.78 is 13.4. The number of nitrogens with one attached hydrogen (secondary N) is 2. The predicted molar refractivity (Wildman–Crippen MR) is 213 cm³/mol. The molecule has 6 fully saturated rings. The summed E-state index contributed by atoms with van der Waals surface area (Å²) >= 11 is 0. The zero-order valence-corrected chi connectivity index (χ0v) is 34.9. The van der Waals surface area contributed by atoms with Gasteiger partial charge in [-0.25, -0.2) is 4.89 Å². The van der Waals surface area contributed by atoms with Crippen molar-refractivity contribution in [1.29, 1.82) is 0 Å². The first-order valence-corrected chi connectivity index (χ1v) is 23.0. The molecule has 0 bridgehead atoms. The third kappa shape index (κ3) is 12.1. The molecule has 6 saturated carbocycles. The van der Waals surface area contributed by atoms with Crippen LogP contribution in [0.4, 0.5) is 0 Å². The van der Waals surface area contributed by atoms with Crippen LogP contribution < -0.4 is 10.8 Å². The van der Waals surface area contributed by atoms with Gasteiger partial charge in [0.25, 0.3) is 0 Å². The van der Waals surface area contributed by atoms with E-state index in [-0.39, 0.29) is 18.1 Å². The third-order valence-corrected chi connectivity index (χ3v) is 15.9. The lowest BCUT2D eigenvalue weighted by atomic mass is 9.60. The number of carboxylic acid groups (broad SMARTS) is 1. The largest absolute Gasteiger partial charge is 0.481 e. The Labute approximate surface area is 332 Å². The number of hydrogen-bond acceptors (Lipinski definition) is 8. The lowest BCUT2D eigenvalue weighted by molar-refractivity contribution is -0.257. The second-order valence-corrected chi connectivity index (χ2v) is 20.1. The predicted octanol–water partition coefficient (Wildman–Crippen LogP) is 9.10. The van der Waals surface area contributed by atoms with Gasteiger partial charge in [-0.1, -0.05) is 34.1 Å². The molecular formula is C45H78N2O8. The van der Waals surface area contributed by atoms with Crippen LogP contribution in [0.5, 0.6) is 0 Å². The van der Waals surface area contributed by atoms with Crippen LogP contribution in [-0.2, 0) is 28.8 Å². The summed E-state index contributed by atoms with van der Waals surface area (Å²) in [4.78, 5) is 35.5. The van der Waals surface area contributed by atoms with E-state index in [1.54, 1.807) is 0 Å². The maximum absolute atomic E-state index is 13.1. The van der Waals surface area contributed by atoms with Crippen LogP contribution in [-0.4, -0.2) is 72.0 Å². The van der Waals surface area contributed by atoms with Crippen LogP contribution in [0.2, 0.25) is 0 Å². The first-order chi connectivity index (χ1) is 26.5. The first-order valence-electron chi connectivity index (χ1n) is 23.0. The summed E-state index contributed by atoms with van der Waals surface area (Å²) in [7, 11) is 0. The van der Waals surface area contributed by atoms with Gasteiger partial charge in [0.2, 0.25) is 5.91 Å². The van der Waals surface area contributed by atoms with Crippen molar-refractivity contribution >= 4 is 11.9 Å². The molecule has 316 valence electrons. The molecule has 0 radical (unpaired) electrons. The monoisotopic (exact) mass is 775 g/mol. The number of carbonyl (C=O) groups is 2. The van der Waals surface area contributed by atoms with Crippen LogP contribution in [0, 0.1) is 52.8 Å². The Hall–Kier alpha value is -1.30. The molecule has 6 unspecified atom stereocenters. The highest BCUT2D eigenvalue weighted by Gasteiger charge is 2.42. The molecule has 6 aliphatic carbocycles. The van der Waals surface area contributed by atoms with Gasteiger partial charge in [-0.3, -0.25) is 14.8 Å². The minimum atomic E-state index is -0.824. The fourth-order valence-corrected chi connectivity index (χ4v) is 12.1. The third-order valence-electron chi connectivity index (χ3n) is 15.9. The minimum Gasteiger partial charge on any atom is -0.481 e. The van der Waals surface area contributed by atoms with Gasteiger partial charge in [0.05, 0.1) is 49.5 Å². The summed E-state index contributed by atoms with van der Waals surface area (Å²) in [6.45, 7) is 10.6. The zero-order valence-electron chi connectivity index (χ0n) is 34.9. The highest BCUT2D eigenvalue weighted by Crippen LogP contribution is 2.49. The van der Waals surface area contributed by atoms with Crippen LogP contribution in [0.1, 0.15) is 169 Å². The van der Waals surface area contributed by atoms with E-state index >= 15 is 0 Å². The minimum absolute atomic E-state index is 0.0475. The Balaban J connectivity index is 0.825. The number of hydrogen-bond donors (Lipinski definition) is 4. The van der Waals surface area contributed by atoms with E-state index in [0.717, 1.165) is 95.3 Å². The van der Waals surface area contributed by atoms with E-state index in [1.807, 2.05) is 0 Å². The van der Waals surface area contributed by atoms with E-state index in [2.05, 4.69) is 43.4 Å². The van der Waals surface area contributed by atoms with Gasteiger partial charge in [0.15, 0.2) is 0 Å². The van der Waals surface area contributed by atoms with Gasteiger partial charge in [-0.05, 0) is 176 Å². The molecule has 1 amide bonds. The van der Waals surface area contributed by atoms with Crippen molar-refractivity contribution in [2.45, 2.75) is 205 Å². The molecule has 6 rings (SSSR count). The van der Waals surface area contributed by atoms with Gasteiger partial charge >= 0.3 is 5.97 Å². The molecule has 0 aromatic rings. The molecule has 55 heavy (non-hydrogen) atoms. The first kappa shape index (κ1) is 43.3. The van der Waals surface area contributed by atoms with E-state index in [4.69, 9.17) is 19.6 Å². The number of carboxylic acids is 1. The molecule has 10 nitrogen and oxygen atoms in total. The Bertz CT molecular complexity index is 1170. The lowest BCUT2D eigenvalue weighted by Crippen LogP contribution is -2.46. The zero-order chi connectivity index (χ0) is 39.0. The van der Waals surface area contributed by atoms with Crippen LogP contribution in [0.15, 0.2) is 0 Å². The van der Waals surface area contributed by atoms with Gasteiger partial charge < -0.3 is 24.7 Å². The van der Waals surface area contributed by atoms with Crippen molar-refractivity contribution in [3.8, 4) is 0 Å². The fraction of sp³-hybridized carbons (Fsp3) is 0.956. The number of carbonyl (C=O) groups excluding carboxylic acids is 1.